The Labute approximate surface area is 151 Å². The smallest absolute Gasteiger partial charge is 0.221 e. The predicted octanol–water partition coefficient (Wildman–Crippen LogP) is 3.68. The molecule has 1 heterocycles. The molecule has 0 bridgehead atoms. The average Bonchev–Trinajstić information content (AvgIpc) is 2.62. The Morgan fingerprint density at radius 1 is 1.16 bits per heavy atom. The first kappa shape index (κ1) is 17.1. The van der Waals surface area contributed by atoms with E-state index in [1.54, 1.807) is 11.8 Å². The normalized spacial score (nSPS) is 15.5. The van der Waals surface area contributed by atoms with Crippen LogP contribution in [0.2, 0.25) is 0 Å². The van der Waals surface area contributed by atoms with Gasteiger partial charge >= 0.3 is 0 Å². The van der Waals surface area contributed by atoms with Gasteiger partial charge in [0.15, 0.2) is 5.17 Å². The first-order valence-corrected chi connectivity index (χ1v) is 8.83. The molecule has 2 aromatic rings. The van der Waals surface area contributed by atoms with Crippen molar-refractivity contribution in [3.8, 4) is 0 Å². The number of aliphatic imine (C=N–C) groups is 1. The Bertz CT molecular complexity index is 800. The third-order valence-electron chi connectivity index (χ3n) is 3.61. The highest BCUT2D eigenvalue weighted by atomic mass is 32.2. The molecule has 0 spiro atoms. The first-order chi connectivity index (χ1) is 12.1. The number of nitrogens with one attached hydrogen (secondary N) is 2. The highest BCUT2D eigenvalue weighted by molar-refractivity contribution is 8.16. The summed E-state index contributed by atoms with van der Waals surface area (Å²) >= 11 is 1.59. The van der Waals surface area contributed by atoms with Crippen LogP contribution in [0.15, 0.2) is 65.0 Å². The van der Waals surface area contributed by atoms with Gasteiger partial charge in [-0.3, -0.25) is 20.2 Å². The fourth-order valence-electron chi connectivity index (χ4n) is 2.40. The first-order valence-electron chi connectivity index (χ1n) is 7.95. The molecule has 2 N–H and O–H groups in total. The van der Waals surface area contributed by atoms with Gasteiger partial charge in [-0.05, 0) is 17.7 Å². The summed E-state index contributed by atoms with van der Waals surface area (Å²) in [6.45, 7) is 2.16. The van der Waals surface area contributed by atoms with Gasteiger partial charge in [-0.1, -0.05) is 54.2 Å². The second kappa shape index (κ2) is 7.90. The maximum Gasteiger partial charge on any atom is 0.221 e. The molecule has 5 nitrogen and oxygen atoms in total. The Kier molecular flexibility index (Phi) is 5.40. The SMILES string of the molecule is CC(=O)Nc1ccc(C2=CSC(=NCc3ccccc3)N(C)N2)cc1. The van der Waals surface area contributed by atoms with E-state index in [0.717, 1.165) is 22.1 Å². The molecule has 0 radical (unpaired) electrons. The monoisotopic (exact) mass is 352 g/mol. The van der Waals surface area contributed by atoms with Crippen LogP contribution in [-0.2, 0) is 11.3 Å². The maximum absolute atomic E-state index is 11.1. The van der Waals surface area contributed by atoms with Crippen LogP contribution in [0.3, 0.4) is 0 Å². The van der Waals surface area contributed by atoms with E-state index >= 15 is 0 Å². The lowest BCUT2D eigenvalue weighted by Gasteiger charge is -2.28. The number of carbonyl (C=O) groups excluding carboxylic acids is 1. The molecule has 0 aromatic heterocycles. The van der Waals surface area contributed by atoms with E-state index in [1.807, 2.05) is 54.5 Å². The third kappa shape index (κ3) is 4.64. The van der Waals surface area contributed by atoms with Gasteiger partial charge in [-0.15, -0.1) is 0 Å². The van der Waals surface area contributed by atoms with Crippen LogP contribution in [0.4, 0.5) is 5.69 Å². The van der Waals surface area contributed by atoms with Crippen molar-refractivity contribution < 1.29 is 4.79 Å². The molecular weight excluding hydrogens is 332 g/mol. The number of hydrogen-bond acceptors (Lipinski definition) is 4. The Morgan fingerprint density at radius 3 is 2.52 bits per heavy atom. The minimum Gasteiger partial charge on any atom is -0.326 e. The van der Waals surface area contributed by atoms with Gasteiger partial charge in [-0.2, -0.15) is 0 Å². The molecule has 25 heavy (non-hydrogen) atoms. The van der Waals surface area contributed by atoms with Gasteiger partial charge in [-0.25, -0.2) is 0 Å². The molecule has 3 rings (SSSR count). The topological polar surface area (TPSA) is 56.7 Å². The Balaban J connectivity index is 1.68. The summed E-state index contributed by atoms with van der Waals surface area (Å²) < 4.78 is 0. The van der Waals surface area contributed by atoms with Crippen LogP contribution >= 0.6 is 11.8 Å². The van der Waals surface area contributed by atoms with Crippen LogP contribution in [0.25, 0.3) is 5.70 Å². The van der Waals surface area contributed by atoms with E-state index in [9.17, 15) is 4.79 Å². The van der Waals surface area contributed by atoms with Gasteiger partial charge < -0.3 is 5.32 Å². The van der Waals surface area contributed by atoms with Gasteiger partial charge in [0.25, 0.3) is 0 Å². The van der Waals surface area contributed by atoms with Gasteiger partial charge in [0.1, 0.15) is 0 Å². The molecule has 2 aromatic carbocycles. The molecular formula is C19H20N4OS. The molecule has 0 fully saturated rings. The van der Waals surface area contributed by atoms with Crippen molar-refractivity contribution in [3.63, 3.8) is 0 Å². The summed E-state index contributed by atoms with van der Waals surface area (Å²) in [4.78, 5) is 15.7. The lowest BCUT2D eigenvalue weighted by atomic mass is 10.1. The fourth-order valence-corrected chi connectivity index (χ4v) is 3.16. The quantitative estimate of drug-likeness (QED) is 0.881. The number of hydrogen-bond donors (Lipinski definition) is 2. The lowest BCUT2D eigenvalue weighted by molar-refractivity contribution is -0.114. The van der Waals surface area contributed by atoms with E-state index in [2.05, 4.69) is 33.3 Å². The Hall–Kier alpha value is -2.73. The molecule has 6 heteroatoms. The minimum absolute atomic E-state index is 0.0719. The number of nitrogens with zero attached hydrogens (tertiary/aromatic N) is 2. The van der Waals surface area contributed by atoms with Gasteiger partial charge in [0, 0.05) is 30.6 Å². The molecule has 0 aliphatic carbocycles. The van der Waals surface area contributed by atoms with Crippen molar-refractivity contribution in [1.82, 2.24) is 10.4 Å². The summed E-state index contributed by atoms with van der Waals surface area (Å²) in [5, 5.41) is 7.66. The number of rotatable bonds is 4. The van der Waals surface area contributed by atoms with E-state index < -0.39 is 0 Å². The van der Waals surface area contributed by atoms with Crippen LogP contribution < -0.4 is 10.7 Å². The summed E-state index contributed by atoms with van der Waals surface area (Å²) in [5.41, 5.74) is 7.36. The van der Waals surface area contributed by atoms with Crippen molar-refractivity contribution in [3.05, 3.63) is 71.1 Å². The highest BCUT2D eigenvalue weighted by Crippen LogP contribution is 2.24. The zero-order valence-electron chi connectivity index (χ0n) is 14.2. The zero-order chi connectivity index (χ0) is 17.6. The average molecular weight is 352 g/mol. The molecule has 128 valence electrons. The van der Waals surface area contributed by atoms with E-state index in [4.69, 9.17) is 0 Å². The van der Waals surface area contributed by atoms with Gasteiger partial charge in [0.05, 0.1) is 12.2 Å². The molecule has 1 aliphatic rings. The maximum atomic E-state index is 11.1. The Morgan fingerprint density at radius 2 is 1.88 bits per heavy atom. The molecule has 1 amide bonds. The van der Waals surface area contributed by atoms with E-state index in [-0.39, 0.29) is 5.91 Å². The van der Waals surface area contributed by atoms with Crippen molar-refractivity contribution in [2.24, 2.45) is 4.99 Å². The van der Waals surface area contributed by atoms with E-state index in [1.165, 1.54) is 12.5 Å². The largest absolute Gasteiger partial charge is 0.326 e. The number of amidine groups is 1. The zero-order valence-corrected chi connectivity index (χ0v) is 15.0. The second-order valence-corrected chi connectivity index (χ2v) is 6.50. The fraction of sp³-hybridized carbons (Fsp3) is 0.158. The number of hydrazine groups is 1. The van der Waals surface area contributed by atoms with Crippen molar-refractivity contribution >= 4 is 34.2 Å². The van der Waals surface area contributed by atoms with Crippen molar-refractivity contribution in [1.29, 1.82) is 0 Å². The second-order valence-electron chi connectivity index (χ2n) is 5.66. The lowest BCUT2D eigenvalue weighted by Crippen LogP contribution is -2.39. The number of anilines is 1. The predicted molar refractivity (Wildman–Crippen MR) is 105 cm³/mol. The standard InChI is InChI=1S/C19H20N4OS/c1-14(24)21-17-10-8-16(9-11-17)18-13-25-19(23(2)22-18)20-12-15-6-4-3-5-7-15/h3-11,13,22H,12H2,1-2H3,(H,21,24). The van der Waals surface area contributed by atoms with Crippen LogP contribution in [0.1, 0.15) is 18.1 Å². The summed E-state index contributed by atoms with van der Waals surface area (Å²) in [6.07, 6.45) is 0. The van der Waals surface area contributed by atoms with E-state index in [0.29, 0.717) is 6.54 Å². The molecule has 0 atom stereocenters. The van der Waals surface area contributed by atoms with Crippen LogP contribution in [-0.4, -0.2) is 23.1 Å². The van der Waals surface area contributed by atoms with Crippen molar-refractivity contribution in [2.45, 2.75) is 13.5 Å². The summed E-state index contributed by atoms with van der Waals surface area (Å²) in [7, 11) is 1.95. The number of thioether (sulfide) groups is 1. The number of carbonyl (C=O) groups is 1. The minimum atomic E-state index is -0.0719. The van der Waals surface area contributed by atoms with Gasteiger partial charge in [0.2, 0.25) is 5.91 Å². The summed E-state index contributed by atoms with van der Waals surface area (Å²) in [5.74, 6) is -0.0719. The van der Waals surface area contributed by atoms with Crippen LogP contribution in [0, 0.1) is 0 Å². The molecule has 0 unspecified atom stereocenters. The number of benzene rings is 2. The van der Waals surface area contributed by atoms with Crippen LogP contribution in [0.5, 0.6) is 0 Å². The molecule has 0 saturated heterocycles. The number of amides is 1. The third-order valence-corrected chi connectivity index (χ3v) is 4.58. The van der Waals surface area contributed by atoms with Crippen molar-refractivity contribution in [2.75, 3.05) is 12.4 Å². The summed E-state index contributed by atoms with van der Waals surface area (Å²) in [6, 6.07) is 17.9. The molecule has 1 aliphatic heterocycles. The molecule has 0 saturated carbocycles. The highest BCUT2D eigenvalue weighted by Gasteiger charge is 2.15.